The first kappa shape index (κ1) is 19.2. The molecule has 0 fully saturated rings. The van der Waals surface area contributed by atoms with Gasteiger partial charge in [-0.25, -0.2) is 4.57 Å². The summed E-state index contributed by atoms with van der Waals surface area (Å²) in [6.45, 7) is 4.94. The summed E-state index contributed by atoms with van der Waals surface area (Å²) in [6, 6.07) is 0. The Bertz CT molecular complexity index is 348. The van der Waals surface area contributed by atoms with E-state index in [9.17, 15) is 30.9 Å². The lowest BCUT2D eigenvalue weighted by atomic mass is 10.3. The summed E-state index contributed by atoms with van der Waals surface area (Å²) in [5.41, 5.74) is 0. The maximum Gasteiger partial charge on any atom is 0.476 e. The van der Waals surface area contributed by atoms with Gasteiger partial charge in [-0.05, 0) is 0 Å². The highest BCUT2D eigenvalue weighted by Crippen LogP contribution is 2.54. The third-order valence-corrected chi connectivity index (χ3v) is 2.93. The SMILES string of the molecule is C=CCOP(=O)(OCC=C)OC(C(F)(F)F)C(F)(F)F. The van der Waals surface area contributed by atoms with Gasteiger partial charge in [-0.15, -0.1) is 13.2 Å². The third kappa shape index (κ3) is 6.56. The van der Waals surface area contributed by atoms with E-state index in [1.807, 2.05) is 0 Å². The van der Waals surface area contributed by atoms with Crippen LogP contribution in [0.3, 0.4) is 0 Å². The van der Waals surface area contributed by atoms with Crippen molar-refractivity contribution in [1.29, 1.82) is 0 Å². The fourth-order valence-corrected chi connectivity index (χ4v) is 2.09. The molecule has 0 aromatic heterocycles. The molecule has 0 aliphatic rings. The average molecular weight is 328 g/mol. The lowest BCUT2D eigenvalue weighted by Gasteiger charge is -2.26. The predicted molar refractivity (Wildman–Crippen MR) is 56.9 cm³/mol. The van der Waals surface area contributed by atoms with E-state index in [1.54, 1.807) is 0 Å². The topological polar surface area (TPSA) is 44.8 Å². The van der Waals surface area contributed by atoms with E-state index < -0.39 is 39.5 Å². The van der Waals surface area contributed by atoms with Crippen molar-refractivity contribution in [2.24, 2.45) is 0 Å². The van der Waals surface area contributed by atoms with Crippen molar-refractivity contribution < 1.29 is 44.5 Å². The highest BCUT2D eigenvalue weighted by molar-refractivity contribution is 7.48. The van der Waals surface area contributed by atoms with Gasteiger partial charge in [-0.2, -0.15) is 26.3 Å². The van der Waals surface area contributed by atoms with Gasteiger partial charge in [0.25, 0.3) is 6.10 Å². The molecule has 0 radical (unpaired) electrons. The summed E-state index contributed by atoms with van der Waals surface area (Å²) in [6.07, 6.45) is -14.1. The fourth-order valence-electron chi connectivity index (χ4n) is 0.820. The smallest absolute Gasteiger partial charge is 0.283 e. The first-order valence-corrected chi connectivity index (χ1v) is 6.35. The molecule has 0 amide bonds. The van der Waals surface area contributed by atoms with Crippen LogP contribution in [-0.2, 0) is 18.1 Å². The number of phosphoric acid groups is 1. The Morgan fingerprint density at radius 1 is 0.950 bits per heavy atom. The third-order valence-electron chi connectivity index (χ3n) is 1.53. The second-order valence-corrected chi connectivity index (χ2v) is 4.81. The van der Waals surface area contributed by atoms with E-state index in [2.05, 4.69) is 26.7 Å². The van der Waals surface area contributed by atoms with Gasteiger partial charge in [0, 0.05) is 0 Å². The van der Waals surface area contributed by atoms with Gasteiger partial charge in [0.15, 0.2) is 0 Å². The molecule has 0 aromatic rings. The second-order valence-electron chi connectivity index (χ2n) is 3.18. The highest BCUT2D eigenvalue weighted by Gasteiger charge is 2.61. The maximum atomic E-state index is 12.3. The Kier molecular flexibility index (Phi) is 6.96. The zero-order valence-electron chi connectivity index (χ0n) is 9.91. The molecule has 0 heterocycles. The van der Waals surface area contributed by atoms with Crippen LogP contribution in [0.4, 0.5) is 26.3 Å². The Morgan fingerprint density at radius 2 is 1.30 bits per heavy atom. The van der Waals surface area contributed by atoms with Crippen molar-refractivity contribution >= 4 is 7.82 Å². The molecule has 0 N–H and O–H groups in total. The molecule has 4 nitrogen and oxygen atoms in total. The standard InChI is InChI=1S/C9H11F6O4P/c1-3-5-17-20(16,18-6-4-2)19-7(8(10,11)12)9(13,14)15/h3-4,7H,1-2,5-6H2. The van der Waals surface area contributed by atoms with Crippen LogP contribution in [0.5, 0.6) is 0 Å². The number of hydrogen-bond donors (Lipinski definition) is 0. The monoisotopic (exact) mass is 328 g/mol. The molecular weight excluding hydrogens is 317 g/mol. The number of alkyl halides is 6. The summed E-state index contributed by atoms with van der Waals surface area (Å²) in [4.78, 5) is 0. The fraction of sp³-hybridized carbons (Fsp3) is 0.556. The van der Waals surface area contributed by atoms with Gasteiger partial charge in [0.2, 0.25) is 0 Å². The quantitative estimate of drug-likeness (QED) is 0.384. The normalized spacial score (nSPS) is 13.6. The van der Waals surface area contributed by atoms with Crippen LogP contribution in [0.25, 0.3) is 0 Å². The molecule has 11 heteroatoms. The van der Waals surface area contributed by atoms with E-state index >= 15 is 0 Å². The molecule has 0 aromatic carbocycles. The Hall–Kier alpha value is -0.830. The van der Waals surface area contributed by atoms with Crippen LogP contribution >= 0.6 is 7.82 Å². The Balaban J connectivity index is 5.22. The molecule has 0 saturated carbocycles. The highest BCUT2D eigenvalue weighted by atomic mass is 31.2. The molecule has 0 saturated heterocycles. The van der Waals surface area contributed by atoms with Crippen LogP contribution < -0.4 is 0 Å². The molecular formula is C9H11F6O4P. The Morgan fingerprint density at radius 3 is 1.55 bits per heavy atom. The zero-order chi connectivity index (χ0) is 16.0. The van der Waals surface area contributed by atoms with Crippen LogP contribution in [0.2, 0.25) is 0 Å². The molecule has 0 rings (SSSR count). The number of rotatable bonds is 8. The van der Waals surface area contributed by atoms with Crippen LogP contribution in [0.15, 0.2) is 25.3 Å². The largest absolute Gasteiger partial charge is 0.476 e. The second kappa shape index (κ2) is 7.26. The Labute approximate surface area is 110 Å². The maximum absolute atomic E-state index is 12.3. The van der Waals surface area contributed by atoms with Crippen molar-refractivity contribution in [2.75, 3.05) is 13.2 Å². The van der Waals surface area contributed by atoms with Crippen molar-refractivity contribution in [3.8, 4) is 0 Å². The minimum absolute atomic E-state index is 0.628. The summed E-state index contributed by atoms with van der Waals surface area (Å²) < 4.78 is 97.3. The van der Waals surface area contributed by atoms with E-state index in [0.717, 1.165) is 12.2 Å². The van der Waals surface area contributed by atoms with Crippen molar-refractivity contribution in [2.45, 2.75) is 18.5 Å². The van der Waals surface area contributed by atoms with Crippen LogP contribution in [-0.4, -0.2) is 31.7 Å². The van der Waals surface area contributed by atoms with Gasteiger partial charge < -0.3 is 0 Å². The van der Waals surface area contributed by atoms with E-state index in [-0.39, 0.29) is 0 Å². The van der Waals surface area contributed by atoms with Crippen molar-refractivity contribution in [1.82, 2.24) is 0 Å². The molecule has 0 aliphatic carbocycles. The lowest BCUT2D eigenvalue weighted by molar-refractivity contribution is -0.303. The first-order valence-electron chi connectivity index (χ1n) is 4.89. The molecule has 118 valence electrons. The van der Waals surface area contributed by atoms with Gasteiger partial charge in [-0.1, -0.05) is 12.2 Å². The zero-order valence-corrected chi connectivity index (χ0v) is 10.8. The van der Waals surface area contributed by atoms with Crippen LogP contribution in [0.1, 0.15) is 0 Å². The first-order chi connectivity index (χ1) is 8.96. The molecule has 20 heavy (non-hydrogen) atoms. The van der Waals surface area contributed by atoms with Crippen molar-refractivity contribution in [3.05, 3.63) is 25.3 Å². The van der Waals surface area contributed by atoms with Gasteiger partial charge in [0.1, 0.15) is 0 Å². The van der Waals surface area contributed by atoms with Crippen LogP contribution in [0, 0.1) is 0 Å². The summed E-state index contributed by atoms with van der Waals surface area (Å²) in [5.74, 6) is 0. The predicted octanol–water partition coefficient (Wildman–Crippen LogP) is 4.01. The molecule has 0 aliphatic heterocycles. The van der Waals surface area contributed by atoms with E-state index in [4.69, 9.17) is 0 Å². The van der Waals surface area contributed by atoms with Gasteiger partial charge in [-0.3, -0.25) is 13.6 Å². The summed E-state index contributed by atoms with van der Waals surface area (Å²) >= 11 is 0. The minimum Gasteiger partial charge on any atom is -0.283 e. The number of hydrogen-bond acceptors (Lipinski definition) is 4. The molecule has 0 unspecified atom stereocenters. The average Bonchev–Trinajstić information content (AvgIpc) is 2.28. The van der Waals surface area contributed by atoms with E-state index in [0.29, 0.717) is 0 Å². The van der Waals surface area contributed by atoms with Gasteiger partial charge >= 0.3 is 20.2 Å². The van der Waals surface area contributed by atoms with Crippen molar-refractivity contribution in [3.63, 3.8) is 0 Å². The van der Waals surface area contributed by atoms with E-state index in [1.165, 1.54) is 0 Å². The minimum atomic E-state index is -5.83. The summed E-state index contributed by atoms with van der Waals surface area (Å²) in [7, 11) is -5.08. The molecule has 0 spiro atoms. The molecule has 0 bridgehead atoms. The lowest BCUT2D eigenvalue weighted by Crippen LogP contribution is -2.43. The molecule has 0 atom stereocenters. The number of phosphoric ester groups is 1. The number of halogens is 6. The van der Waals surface area contributed by atoms with Gasteiger partial charge in [0.05, 0.1) is 13.2 Å². The summed E-state index contributed by atoms with van der Waals surface area (Å²) in [5, 5.41) is 0.